The van der Waals surface area contributed by atoms with Crippen LogP contribution in [0.5, 0.6) is 0 Å². The van der Waals surface area contributed by atoms with Gasteiger partial charge in [0.25, 0.3) is 0 Å². The van der Waals surface area contributed by atoms with E-state index in [2.05, 4.69) is 143 Å². The molecule has 7 rings (SSSR count). The molecule has 0 spiro atoms. The predicted molar refractivity (Wildman–Crippen MR) is 211 cm³/mol. The van der Waals surface area contributed by atoms with Gasteiger partial charge in [-0.3, -0.25) is 0 Å². The molecule has 250 valence electrons. The fraction of sp³-hybridized carbons (Fsp3) is 0.174. The maximum atomic E-state index is 13.0. The molecule has 0 N–H and O–H groups in total. The molecule has 7 aromatic rings. The number of hydrogen-bond donors (Lipinski definition) is 0. The number of sulfone groups is 1. The zero-order chi connectivity index (χ0) is 35.3. The van der Waals surface area contributed by atoms with E-state index in [1.165, 1.54) is 32.9 Å². The van der Waals surface area contributed by atoms with Crippen molar-refractivity contribution in [1.82, 2.24) is 4.57 Å². The SMILES string of the molecule is CC(C)(C)c1ccc2c(c1)c1cc(C(C)(C)C)ccc1n2-c1ccc(/C=C/c2ccc(-c3ccc(S(=O)(=O)c4ccccc4)cc3)cc2)cc1. The minimum atomic E-state index is -3.54. The summed E-state index contributed by atoms with van der Waals surface area (Å²) in [6.07, 6.45) is 4.26. The van der Waals surface area contributed by atoms with Crippen LogP contribution in [0.1, 0.15) is 63.8 Å². The minimum absolute atomic E-state index is 0.0677. The summed E-state index contributed by atoms with van der Waals surface area (Å²) in [7, 11) is -3.54. The molecule has 4 heteroatoms. The lowest BCUT2D eigenvalue weighted by Gasteiger charge is -2.19. The second-order valence-corrected chi connectivity index (χ2v) is 17.1. The Morgan fingerprint density at radius 1 is 0.480 bits per heavy atom. The molecule has 0 aliphatic heterocycles. The van der Waals surface area contributed by atoms with E-state index >= 15 is 0 Å². The Morgan fingerprint density at radius 3 is 1.36 bits per heavy atom. The lowest BCUT2D eigenvalue weighted by atomic mass is 9.85. The van der Waals surface area contributed by atoms with Gasteiger partial charge in [0.1, 0.15) is 0 Å². The molecule has 1 aromatic heterocycles. The molecule has 0 unspecified atom stereocenters. The van der Waals surface area contributed by atoms with Gasteiger partial charge in [-0.05, 0) is 105 Å². The van der Waals surface area contributed by atoms with Crippen LogP contribution >= 0.6 is 0 Å². The normalized spacial score (nSPS) is 12.7. The van der Waals surface area contributed by atoms with E-state index in [1.54, 1.807) is 36.4 Å². The summed E-state index contributed by atoms with van der Waals surface area (Å²) in [4.78, 5) is 0.593. The van der Waals surface area contributed by atoms with Crippen molar-refractivity contribution in [3.05, 3.63) is 162 Å². The fourth-order valence-electron chi connectivity index (χ4n) is 6.51. The number of rotatable bonds is 6. The van der Waals surface area contributed by atoms with Gasteiger partial charge in [0, 0.05) is 16.5 Å². The van der Waals surface area contributed by atoms with Gasteiger partial charge in [0.2, 0.25) is 9.84 Å². The van der Waals surface area contributed by atoms with E-state index in [-0.39, 0.29) is 10.8 Å². The van der Waals surface area contributed by atoms with Crippen LogP contribution < -0.4 is 0 Å². The van der Waals surface area contributed by atoms with E-state index < -0.39 is 9.84 Å². The molecule has 0 bridgehead atoms. The summed E-state index contributed by atoms with van der Waals surface area (Å²) < 4.78 is 28.3. The van der Waals surface area contributed by atoms with Crippen LogP contribution in [0.15, 0.2) is 149 Å². The van der Waals surface area contributed by atoms with Gasteiger partial charge in [-0.1, -0.05) is 133 Å². The van der Waals surface area contributed by atoms with Gasteiger partial charge in [0.05, 0.1) is 20.8 Å². The average molecular weight is 674 g/mol. The predicted octanol–water partition coefficient (Wildman–Crippen LogP) is 12.0. The highest BCUT2D eigenvalue weighted by Gasteiger charge is 2.21. The highest BCUT2D eigenvalue weighted by Crippen LogP contribution is 2.37. The second-order valence-electron chi connectivity index (χ2n) is 15.2. The Labute approximate surface area is 296 Å². The molecule has 0 fully saturated rings. The van der Waals surface area contributed by atoms with E-state index in [1.807, 2.05) is 18.2 Å². The van der Waals surface area contributed by atoms with Crippen molar-refractivity contribution in [2.45, 2.75) is 62.2 Å². The van der Waals surface area contributed by atoms with E-state index in [0.717, 1.165) is 27.9 Å². The molecule has 50 heavy (non-hydrogen) atoms. The van der Waals surface area contributed by atoms with Crippen LogP contribution in [0.4, 0.5) is 0 Å². The van der Waals surface area contributed by atoms with Crippen molar-refractivity contribution in [3.63, 3.8) is 0 Å². The van der Waals surface area contributed by atoms with Crippen LogP contribution in [0.3, 0.4) is 0 Å². The summed E-state index contributed by atoms with van der Waals surface area (Å²) in [6, 6.07) is 46.6. The van der Waals surface area contributed by atoms with Crippen LogP contribution in [-0.4, -0.2) is 13.0 Å². The standard InChI is InChI=1S/C46H43NO2S/c1-45(2,3)36-22-28-43-41(30-36)42-31-37(46(4,5)6)23-29-44(42)47(43)38-24-16-33(17-25-38)13-12-32-14-18-34(19-15-32)35-20-26-40(27-21-35)50(48,49)39-10-8-7-9-11-39/h7-31H,1-6H3/b13-12+. The van der Waals surface area contributed by atoms with Gasteiger partial charge in [0.15, 0.2) is 0 Å². The number of fused-ring (bicyclic) bond motifs is 3. The Kier molecular flexibility index (Phi) is 8.40. The van der Waals surface area contributed by atoms with Crippen molar-refractivity contribution < 1.29 is 8.42 Å². The first-order chi connectivity index (χ1) is 23.8. The highest BCUT2D eigenvalue weighted by molar-refractivity contribution is 7.91. The smallest absolute Gasteiger partial charge is 0.206 e. The Morgan fingerprint density at radius 2 is 0.900 bits per heavy atom. The lowest BCUT2D eigenvalue weighted by molar-refractivity contribution is 0.590. The minimum Gasteiger partial charge on any atom is -0.309 e. The first-order valence-corrected chi connectivity index (χ1v) is 18.7. The first-order valence-electron chi connectivity index (χ1n) is 17.2. The van der Waals surface area contributed by atoms with Gasteiger partial charge in [-0.15, -0.1) is 0 Å². The maximum absolute atomic E-state index is 13.0. The van der Waals surface area contributed by atoms with Gasteiger partial charge in [-0.2, -0.15) is 0 Å². The molecular formula is C46H43NO2S. The molecule has 0 aliphatic rings. The number of benzene rings is 6. The summed E-state index contributed by atoms with van der Waals surface area (Å²) in [5.41, 5.74) is 10.6. The molecule has 0 radical (unpaired) electrons. The van der Waals surface area contributed by atoms with Crippen LogP contribution in [0, 0.1) is 0 Å². The summed E-state index contributed by atoms with van der Waals surface area (Å²) in [5, 5.41) is 2.58. The number of hydrogen-bond acceptors (Lipinski definition) is 2. The summed E-state index contributed by atoms with van der Waals surface area (Å²) in [5.74, 6) is 0. The topological polar surface area (TPSA) is 39.1 Å². The average Bonchev–Trinajstić information content (AvgIpc) is 3.44. The molecule has 3 nitrogen and oxygen atoms in total. The summed E-state index contributed by atoms with van der Waals surface area (Å²) in [6.45, 7) is 13.6. The number of aromatic nitrogens is 1. The van der Waals surface area contributed by atoms with Crippen LogP contribution in [-0.2, 0) is 20.7 Å². The summed E-state index contributed by atoms with van der Waals surface area (Å²) >= 11 is 0. The third-order valence-electron chi connectivity index (χ3n) is 9.58. The van der Waals surface area contributed by atoms with Crippen LogP contribution in [0.25, 0.3) is 50.8 Å². The van der Waals surface area contributed by atoms with Gasteiger partial charge < -0.3 is 4.57 Å². The maximum Gasteiger partial charge on any atom is 0.206 e. The van der Waals surface area contributed by atoms with Crippen LogP contribution in [0.2, 0.25) is 0 Å². The molecule has 0 amide bonds. The molecule has 1 heterocycles. The van der Waals surface area contributed by atoms with E-state index in [0.29, 0.717) is 9.79 Å². The third kappa shape index (κ3) is 6.44. The molecule has 0 saturated carbocycles. The molecular weight excluding hydrogens is 631 g/mol. The van der Waals surface area contributed by atoms with Crippen molar-refractivity contribution in [2.75, 3.05) is 0 Å². The third-order valence-corrected chi connectivity index (χ3v) is 11.4. The zero-order valence-corrected chi connectivity index (χ0v) is 30.4. The van der Waals surface area contributed by atoms with Gasteiger partial charge in [-0.25, -0.2) is 8.42 Å². The quantitative estimate of drug-likeness (QED) is 0.165. The highest BCUT2D eigenvalue weighted by atomic mass is 32.2. The zero-order valence-electron chi connectivity index (χ0n) is 29.6. The largest absolute Gasteiger partial charge is 0.309 e. The van der Waals surface area contributed by atoms with Crippen molar-refractivity contribution >= 4 is 43.8 Å². The molecule has 0 saturated heterocycles. The van der Waals surface area contributed by atoms with E-state index in [4.69, 9.17) is 0 Å². The first kappa shape index (κ1) is 33.3. The molecule has 6 aromatic carbocycles. The Bertz CT molecular complexity index is 2380. The monoisotopic (exact) mass is 673 g/mol. The Balaban J connectivity index is 1.13. The van der Waals surface area contributed by atoms with Gasteiger partial charge >= 0.3 is 0 Å². The lowest BCUT2D eigenvalue weighted by Crippen LogP contribution is -2.10. The second kappa shape index (κ2) is 12.6. The van der Waals surface area contributed by atoms with Crippen molar-refractivity contribution in [1.29, 1.82) is 0 Å². The molecule has 0 aliphatic carbocycles. The number of nitrogens with zero attached hydrogens (tertiary/aromatic N) is 1. The molecule has 0 atom stereocenters. The van der Waals surface area contributed by atoms with Crippen molar-refractivity contribution in [2.24, 2.45) is 0 Å². The fourth-order valence-corrected chi connectivity index (χ4v) is 7.79. The van der Waals surface area contributed by atoms with E-state index in [9.17, 15) is 8.42 Å². The van der Waals surface area contributed by atoms with Crippen molar-refractivity contribution in [3.8, 4) is 16.8 Å². The Hall–Kier alpha value is -5.19.